The van der Waals surface area contributed by atoms with Gasteiger partial charge in [0.25, 0.3) is 5.91 Å². The molecule has 1 unspecified atom stereocenters. The zero-order valence-electron chi connectivity index (χ0n) is 24.6. The Hall–Kier alpha value is -4.49. The molecule has 1 N–H and O–H groups in total. The molecule has 0 spiro atoms. The molecule has 0 aliphatic rings. The molecule has 226 valence electrons. The quantitative estimate of drug-likeness (QED) is 0.190. The van der Waals surface area contributed by atoms with Crippen LogP contribution in [0.4, 0.5) is 0 Å². The molecule has 1 heterocycles. The first-order chi connectivity index (χ1) is 20.8. The summed E-state index contributed by atoms with van der Waals surface area (Å²) in [5.41, 5.74) is 4.55. The van der Waals surface area contributed by atoms with Crippen molar-refractivity contribution in [2.45, 2.75) is 37.8 Å². The summed E-state index contributed by atoms with van der Waals surface area (Å²) in [6.45, 7) is 4.74. The maximum atomic E-state index is 13.8. The maximum Gasteiger partial charge on any atom is 0.251 e. The number of rotatable bonds is 11. The molecule has 0 radical (unpaired) electrons. The molecule has 5 aromatic rings. The van der Waals surface area contributed by atoms with Crippen LogP contribution in [0.5, 0.6) is 0 Å². The Morgan fingerprint density at radius 2 is 1.59 bits per heavy atom. The highest BCUT2D eigenvalue weighted by atomic mass is 35.5. The van der Waals surface area contributed by atoms with E-state index in [9.17, 15) is 18.5 Å². The first-order valence-electron chi connectivity index (χ1n) is 14.2. The largest absolute Gasteiger partial charge is 0.342 e. The summed E-state index contributed by atoms with van der Waals surface area (Å²) in [6, 6.07) is 32.9. The SMILES string of the molecule is CCN(CC)S(=O)(=O)c1cccc(C(=O)NC(Cc2ccccc2)c2nc3ccccc3n2Cc2ccc(C#N)cc2)c1.Cl. The monoisotopic (exact) mass is 627 g/mol. The van der Waals surface area contributed by atoms with E-state index in [0.29, 0.717) is 37.4 Å². The number of aromatic nitrogens is 2. The molecule has 0 aliphatic carbocycles. The van der Waals surface area contributed by atoms with Crippen LogP contribution in [-0.4, -0.2) is 41.3 Å². The minimum absolute atomic E-state index is 0. The van der Waals surface area contributed by atoms with Gasteiger partial charge in [0, 0.05) is 25.2 Å². The van der Waals surface area contributed by atoms with Gasteiger partial charge < -0.3 is 9.88 Å². The Bertz CT molecular complexity index is 1880. The van der Waals surface area contributed by atoms with Gasteiger partial charge >= 0.3 is 0 Å². The Labute approximate surface area is 264 Å². The van der Waals surface area contributed by atoms with Gasteiger partial charge in [-0.25, -0.2) is 13.4 Å². The van der Waals surface area contributed by atoms with Gasteiger partial charge in [0.2, 0.25) is 10.0 Å². The van der Waals surface area contributed by atoms with Crippen LogP contribution < -0.4 is 5.32 Å². The van der Waals surface area contributed by atoms with Gasteiger partial charge in [-0.05, 0) is 60.0 Å². The molecule has 5 rings (SSSR count). The third kappa shape index (κ3) is 7.00. The summed E-state index contributed by atoms with van der Waals surface area (Å²) in [6.07, 6.45) is 0.473. The molecule has 0 fully saturated rings. The summed E-state index contributed by atoms with van der Waals surface area (Å²) in [7, 11) is -3.73. The summed E-state index contributed by atoms with van der Waals surface area (Å²) in [5.74, 6) is 0.282. The minimum atomic E-state index is -3.73. The molecule has 0 bridgehead atoms. The second-order valence-electron chi connectivity index (χ2n) is 10.2. The molecule has 0 saturated heterocycles. The van der Waals surface area contributed by atoms with Crippen molar-refractivity contribution in [3.8, 4) is 6.07 Å². The Kier molecular flexibility index (Phi) is 10.6. The summed E-state index contributed by atoms with van der Waals surface area (Å²) in [5, 5.41) is 12.4. The standard InChI is InChI=1S/C34H33N5O3S.ClH/c1-3-38(4-2)43(41,42)29-14-10-13-28(22-29)34(40)37-31(21-25-11-6-5-7-12-25)33-36-30-15-8-9-16-32(30)39(33)24-27-19-17-26(23-35)18-20-27;/h5-20,22,31H,3-4,21,24H2,1-2H3,(H,37,40);1H. The topological polar surface area (TPSA) is 108 Å². The number of nitriles is 1. The van der Waals surface area contributed by atoms with E-state index >= 15 is 0 Å². The number of nitrogens with zero attached hydrogens (tertiary/aromatic N) is 4. The van der Waals surface area contributed by atoms with Crippen molar-refractivity contribution in [3.63, 3.8) is 0 Å². The normalized spacial score (nSPS) is 12.0. The number of imidazole rings is 1. The van der Waals surface area contributed by atoms with Gasteiger partial charge in [-0.3, -0.25) is 4.79 Å². The van der Waals surface area contributed by atoms with Crippen molar-refractivity contribution in [1.29, 1.82) is 5.26 Å². The van der Waals surface area contributed by atoms with E-state index < -0.39 is 22.0 Å². The molecule has 8 nitrogen and oxygen atoms in total. The van der Waals surface area contributed by atoms with Crippen molar-refractivity contribution >= 4 is 39.4 Å². The van der Waals surface area contributed by atoms with E-state index in [4.69, 9.17) is 4.98 Å². The number of amides is 1. The van der Waals surface area contributed by atoms with E-state index in [0.717, 1.165) is 22.2 Å². The number of para-hydroxylation sites is 2. The van der Waals surface area contributed by atoms with Crippen molar-refractivity contribution in [2.75, 3.05) is 13.1 Å². The number of carbonyl (C=O) groups is 1. The predicted molar refractivity (Wildman–Crippen MR) is 174 cm³/mol. The number of benzene rings is 4. The van der Waals surface area contributed by atoms with Gasteiger partial charge in [0.1, 0.15) is 5.82 Å². The van der Waals surface area contributed by atoms with Gasteiger partial charge in [-0.15, -0.1) is 12.4 Å². The lowest BCUT2D eigenvalue weighted by atomic mass is 10.0. The number of halogens is 1. The van der Waals surface area contributed by atoms with Crippen LogP contribution in [0.2, 0.25) is 0 Å². The highest BCUT2D eigenvalue weighted by Gasteiger charge is 2.26. The van der Waals surface area contributed by atoms with E-state index in [1.54, 1.807) is 38.1 Å². The fourth-order valence-corrected chi connectivity index (χ4v) is 6.71. The first-order valence-corrected chi connectivity index (χ1v) is 15.7. The third-order valence-electron chi connectivity index (χ3n) is 7.45. The molecule has 10 heteroatoms. The van der Waals surface area contributed by atoms with Gasteiger partial charge in [-0.2, -0.15) is 9.57 Å². The second-order valence-corrected chi connectivity index (χ2v) is 12.1. The molecule has 4 aromatic carbocycles. The molecule has 0 aliphatic heterocycles. The summed E-state index contributed by atoms with van der Waals surface area (Å²) >= 11 is 0. The number of hydrogen-bond donors (Lipinski definition) is 1. The second kappa shape index (κ2) is 14.3. The lowest BCUT2D eigenvalue weighted by Crippen LogP contribution is -2.33. The van der Waals surface area contributed by atoms with Crippen molar-refractivity contribution < 1.29 is 13.2 Å². The highest BCUT2D eigenvalue weighted by Crippen LogP contribution is 2.26. The lowest BCUT2D eigenvalue weighted by Gasteiger charge is -2.21. The van der Waals surface area contributed by atoms with E-state index in [1.807, 2.05) is 66.7 Å². The Morgan fingerprint density at radius 1 is 0.909 bits per heavy atom. The number of carbonyl (C=O) groups excluding carboxylic acids is 1. The van der Waals surface area contributed by atoms with E-state index in [1.165, 1.54) is 16.4 Å². The molecular formula is C34H34ClN5O3S. The zero-order chi connectivity index (χ0) is 30.4. The van der Waals surface area contributed by atoms with E-state index in [-0.39, 0.29) is 22.9 Å². The highest BCUT2D eigenvalue weighted by molar-refractivity contribution is 7.89. The number of hydrogen-bond acceptors (Lipinski definition) is 5. The van der Waals surface area contributed by atoms with Crippen LogP contribution in [0.25, 0.3) is 11.0 Å². The molecular weight excluding hydrogens is 594 g/mol. The molecule has 1 atom stereocenters. The average Bonchev–Trinajstić information content (AvgIpc) is 3.40. The number of sulfonamides is 1. The van der Waals surface area contributed by atoms with Crippen LogP contribution in [-0.2, 0) is 23.0 Å². The van der Waals surface area contributed by atoms with Gasteiger partial charge in [0.15, 0.2) is 0 Å². The number of nitrogens with one attached hydrogen (secondary N) is 1. The molecule has 1 aromatic heterocycles. The van der Waals surface area contributed by atoms with Crippen molar-refractivity contribution in [2.24, 2.45) is 0 Å². The predicted octanol–water partition coefficient (Wildman–Crippen LogP) is 6.12. The average molecular weight is 628 g/mol. The fraction of sp³-hybridized carbons (Fsp3) is 0.206. The van der Waals surface area contributed by atoms with Crippen LogP contribution in [0.3, 0.4) is 0 Å². The smallest absolute Gasteiger partial charge is 0.251 e. The Balaban J connectivity index is 0.00000442. The molecule has 0 saturated carbocycles. The Morgan fingerprint density at radius 3 is 2.27 bits per heavy atom. The van der Waals surface area contributed by atoms with Crippen molar-refractivity contribution in [3.05, 3.63) is 131 Å². The van der Waals surface area contributed by atoms with Gasteiger partial charge in [0.05, 0.1) is 33.6 Å². The van der Waals surface area contributed by atoms with Crippen LogP contribution in [0, 0.1) is 11.3 Å². The third-order valence-corrected chi connectivity index (χ3v) is 9.49. The summed E-state index contributed by atoms with van der Waals surface area (Å²) < 4.78 is 29.8. The lowest BCUT2D eigenvalue weighted by molar-refractivity contribution is 0.0934. The first kappa shape index (κ1) is 32.4. The summed E-state index contributed by atoms with van der Waals surface area (Å²) in [4.78, 5) is 18.8. The van der Waals surface area contributed by atoms with Crippen LogP contribution in [0.15, 0.2) is 108 Å². The maximum absolute atomic E-state index is 13.8. The van der Waals surface area contributed by atoms with Crippen LogP contribution in [0.1, 0.15) is 52.8 Å². The minimum Gasteiger partial charge on any atom is -0.342 e. The molecule has 1 amide bonds. The fourth-order valence-electron chi connectivity index (χ4n) is 5.20. The van der Waals surface area contributed by atoms with Crippen molar-refractivity contribution in [1.82, 2.24) is 19.2 Å². The zero-order valence-corrected chi connectivity index (χ0v) is 26.2. The molecule has 44 heavy (non-hydrogen) atoms. The van der Waals surface area contributed by atoms with Crippen LogP contribution >= 0.6 is 12.4 Å². The van der Waals surface area contributed by atoms with E-state index in [2.05, 4.69) is 16.0 Å². The van der Waals surface area contributed by atoms with Gasteiger partial charge in [-0.1, -0.05) is 74.5 Å². The number of fused-ring (bicyclic) bond motifs is 1.